The second-order valence-corrected chi connectivity index (χ2v) is 3.65. The Kier molecular flexibility index (Phi) is 3.98. The van der Waals surface area contributed by atoms with E-state index in [1.54, 1.807) is 0 Å². The van der Waals surface area contributed by atoms with Crippen LogP contribution in [0.5, 0.6) is 0 Å². The SMILES string of the molecule is O=C[C@@H]1CCCC[C@H](C=O)CC1. The van der Waals surface area contributed by atoms with Crippen molar-refractivity contribution >= 4 is 12.6 Å². The van der Waals surface area contributed by atoms with E-state index in [1.807, 2.05) is 0 Å². The van der Waals surface area contributed by atoms with Crippen LogP contribution >= 0.6 is 0 Å². The zero-order valence-corrected chi connectivity index (χ0v) is 7.37. The van der Waals surface area contributed by atoms with Crippen LogP contribution in [0, 0.1) is 11.8 Å². The summed E-state index contributed by atoms with van der Waals surface area (Å²) >= 11 is 0. The first-order valence-corrected chi connectivity index (χ1v) is 4.77. The van der Waals surface area contributed by atoms with Crippen LogP contribution in [0.4, 0.5) is 0 Å². The number of hydrogen-bond donors (Lipinski definition) is 0. The Labute approximate surface area is 73.3 Å². The molecule has 0 amide bonds. The van der Waals surface area contributed by atoms with Gasteiger partial charge in [-0.05, 0) is 25.7 Å². The molecule has 1 fully saturated rings. The van der Waals surface area contributed by atoms with Crippen LogP contribution in [0.15, 0.2) is 0 Å². The third kappa shape index (κ3) is 2.76. The van der Waals surface area contributed by atoms with E-state index in [-0.39, 0.29) is 11.8 Å². The lowest BCUT2D eigenvalue weighted by Gasteiger charge is -2.17. The van der Waals surface area contributed by atoms with Gasteiger partial charge in [0, 0.05) is 11.8 Å². The Balaban J connectivity index is 2.37. The molecule has 1 rings (SSSR count). The van der Waals surface area contributed by atoms with Gasteiger partial charge in [0.15, 0.2) is 0 Å². The molecular formula is C10H16O2. The van der Waals surface area contributed by atoms with Gasteiger partial charge in [-0.15, -0.1) is 0 Å². The molecule has 0 spiro atoms. The highest BCUT2D eigenvalue weighted by Crippen LogP contribution is 2.23. The van der Waals surface area contributed by atoms with Crippen LogP contribution in [-0.4, -0.2) is 12.6 Å². The maximum Gasteiger partial charge on any atom is 0.123 e. The van der Waals surface area contributed by atoms with Crippen molar-refractivity contribution in [1.29, 1.82) is 0 Å². The average Bonchev–Trinajstić information content (AvgIpc) is 2.05. The van der Waals surface area contributed by atoms with Crippen molar-refractivity contribution in [3.05, 3.63) is 0 Å². The van der Waals surface area contributed by atoms with E-state index >= 15 is 0 Å². The average molecular weight is 168 g/mol. The predicted molar refractivity (Wildman–Crippen MR) is 46.8 cm³/mol. The molecule has 0 aromatic heterocycles. The molecule has 2 heteroatoms. The lowest BCUT2D eigenvalue weighted by Crippen LogP contribution is -2.11. The summed E-state index contributed by atoms with van der Waals surface area (Å²) in [7, 11) is 0. The fourth-order valence-electron chi connectivity index (χ4n) is 1.80. The quantitative estimate of drug-likeness (QED) is 0.591. The second kappa shape index (κ2) is 5.07. The van der Waals surface area contributed by atoms with Crippen molar-refractivity contribution in [2.24, 2.45) is 11.8 Å². The molecule has 68 valence electrons. The van der Waals surface area contributed by atoms with Crippen molar-refractivity contribution in [1.82, 2.24) is 0 Å². The number of rotatable bonds is 2. The first-order chi connectivity index (χ1) is 5.86. The van der Waals surface area contributed by atoms with E-state index < -0.39 is 0 Å². The van der Waals surface area contributed by atoms with E-state index in [2.05, 4.69) is 0 Å². The molecule has 0 bridgehead atoms. The lowest BCUT2D eigenvalue weighted by atomic mass is 9.87. The highest BCUT2D eigenvalue weighted by molar-refractivity contribution is 5.55. The Bertz CT molecular complexity index is 136. The molecule has 12 heavy (non-hydrogen) atoms. The van der Waals surface area contributed by atoms with Gasteiger partial charge in [-0.3, -0.25) is 0 Å². The van der Waals surface area contributed by atoms with Gasteiger partial charge in [-0.2, -0.15) is 0 Å². The molecule has 1 aliphatic carbocycles. The highest BCUT2D eigenvalue weighted by Gasteiger charge is 2.15. The standard InChI is InChI=1S/C10H16O2/c11-7-9-3-1-2-4-10(8-12)6-5-9/h7-10H,1-6H2/t9-,10+. The summed E-state index contributed by atoms with van der Waals surface area (Å²) in [5.74, 6) is 0.431. The van der Waals surface area contributed by atoms with Crippen LogP contribution < -0.4 is 0 Å². The number of carbonyl (C=O) groups is 2. The van der Waals surface area contributed by atoms with Crippen LogP contribution in [0.2, 0.25) is 0 Å². The van der Waals surface area contributed by atoms with Crippen molar-refractivity contribution < 1.29 is 9.59 Å². The minimum Gasteiger partial charge on any atom is -0.303 e. The molecule has 1 aliphatic rings. The molecule has 0 heterocycles. The second-order valence-electron chi connectivity index (χ2n) is 3.65. The summed E-state index contributed by atoms with van der Waals surface area (Å²) < 4.78 is 0. The molecule has 0 unspecified atom stereocenters. The summed E-state index contributed by atoms with van der Waals surface area (Å²) in [6.45, 7) is 0. The lowest BCUT2D eigenvalue weighted by molar-refractivity contribution is -0.114. The summed E-state index contributed by atoms with van der Waals surface area (Å²) in [5.41, 5.74) is 0. The Hall–Kier alpha value is -0.660. The number of carbonyl (C=O) groups excluding carboxylic acids is 2. The summed E-state index contributed by atoms with van der Waals surface area (Å²) in [4.78, 5) is 21.1. The molecule has 0 aliphatic heterocycles. The molecule has 2 nitrogen and oxygen atoms in total. The van der Waals surface area contributed by atoms with Gasteiger partial charge in [-0.25, -0.2) is 0 Å². The molecule has 0 aromatic carbocycles. The Morgan fingerprint density at radius 3 is 1.50 bits per heavy atom. The van der Waals surface area contributed by atoms with Crippen molar-refractivity contribution in [3.8, 4) is 0 Å². The fourth-order valence-corrected chi connectivity index (χ4v) is 1.80. The Morgan fingerprint density at radius 1 is 0.750 bits per heavy atom. The first-order valence-electron chi connectivity index (χ1n) is 4.77. The molecule has 0 saturated heterocycles. The van der Waals surface area contributed by atoms with E-state index in [0.29, 0.717) is 0 Å². The van der Waals surface area contributed by atoms with Crippen LogP contribution in [0.25, 0.3) is 0 Å². The summed E-state index contributed by atoms with van der Waals surface area (Å²) in [6, 6.07) is 0. The minimum absolute atomic E-state index is 0.216. The minimum atomic E-state index is 0.216. The van der Waals surface area contributed by atoms with Gasteiger partial charge >= 0.3 is 0 Å². The predicted octanol–water partition coefficient (Wildman–Crippen LogP) is 1.97. The van der Waals surface area contributed by atoms with Gasteiger partial charge in [0.2, 0.25) is 0 Å². The van der Waals surface area contributed by atoms with E-state index in [0.717, 1.165) is 51.1 Å². The Morgan fingerprint density at radius 2 is 1.17 bits per heavy atom. The van der Waals surface area contributed by atoms with Crippen LogP contribution in [-0.2, 0) is 9.59 Å². The molecule has 0 radical (unpaired) electrons. The zero-order chi connectivity index (χ0) is 8.81. The monoisotopic (exact) mass is 168 g/mol. The third-order valence-electron chi connectivity index (χ3n) is 2.69. The van der Waals surface area contributed by atoms with Gasteiger partial charge in [0.1, 0.15) is 12.6 Å². The van der Waals surface area contributed by atoms with E-state index in [1.165, 1.54) is 0 Å². The van der Waals surface area contributed by atoms with Crippen LogP contribution in [0.1, 0.15) is 38.5 Å². The maximum absolute atomic E-state index is 10.5. The molecule has 1 saturated carbocycles. The number of aldehydes is 2. The molecular weight excluding hydrogens is 152 g/mol. The molecule has 0 N–H and O–H groups in total. The zero-order valence-electron chi connectivity index (χ0n) is 7.37. The van der Waals surface area contributed by atoms with Gasteiger partial charge < -0.3 is 9.59 Å². The maximum atomic E-state index is 10.5. The largest absolute Gasteiger partial charge is 0.303 e. The third-order valence-corrected chi connectivity index (χ3v) is 2.69. The van der Waals surface area contributed by atoms with Gasteiger partial charge in [-0.1, -0.05) is 12.8 Å². The smallest absolute Gasteiger partial charge is 0.123 e. The fraction of sp³-hybridized carbons (Fsp3) is 0.800. The summed E-state index contributed by atoms with van der Waals surface area (Å²) in [6.07, 6.45) is 8.17. The summed E-state index contributed by atoms with van der Waals surface area (Å²) in [5, 5.41) is 0. The van der Waals surface area contributed by atoms with E-state index in [4.69, 9.17) is 0 Å². The normalized spacial score (nSPS) is 31.7. The molecule has 0 aromatic rings. The number of hydrogen-bond acceptors (Lipinski definition) is 2. The van der Waals surface area contributed by atoms with Gasteiger partial charge in [0.25, 0.3) is 0 Å². The van der Waals surface area contributed by atoms with E-state index in [9.17, 15) is 9.59 Å². The van der Waals surface area contributed by atoms with Crippen molar-refractivity contribution in [2.45, 2.75) is 38.5 Å². The van der Waals surface area contributed by atoms with Gasteiger partial charge in [0.05, 0.1) is 0 Å². The topological polar surface area (TPSA) is 34.1 Å². The molecule has 2 atom stereocenters. The van der Waals surface area contributed by atoms with Crippen molar-refractivity contribution in [3.63, 3.8) is 0 Å². The van der Waals surface area contributed by atoms with Crippen LogP contribution in [0.3, 0.4) is 0 Å². The highest BCUT2D eigenvalue weighted by atomic mass is 16.1. The first kappa shape index (κ1) is 9.43. The van der Waals surface area contributed by atoms with Crippen molar-refractivity contribution in [2.75, 3.05) is 0 Å².